The summed E-state index contributed by atoms with van der Waals surface area (Å²) in [7, 11) is 0. The van der Waals surface area contributed by atoms with Gasteiger partial charge in [0.2, 0.25) is 0 Å². The van der Waals surface area contributed by atoms with Crippen LogP contribution in [-0.2, 0) is 5.41 Å². The van der Waals surface area contributed by atoms with Gasteiger partial charge in [-0.05, 0) is 43.4 Å². The first kappa shape index (κ1) is 11.5. The predicted octanol–water partition coefficient (Wildman–Crippen LogP) is 3.24. The summed E-state index contributed by atoms with van der Waals surface area (Å²) in [6.45, 7) is 0.266. The van der Waals surface area contributed by atoms with Crippen LogP contribution in [-0.4, -0.2) is 21.7 Å². The average molecular weight is 256 g/mol. The van der Waals surface area contributed by atoms with Gasteiger partial charge in [0.15, 0.2) is 0 Å². The van der Waals surface area contributed by atoms with Gasteiger partial charge in [-0.1, -0.05) is 18.9 Å². The van der Waals surface area contributed by atoms with Gasteiger partial charge in [0.1, 0.15) is 5.82 Å². The zero-order valence-electron chi connectivity index (χ0n) is 11.2. The summed E-state index contributed by atoms with van der Waals surface area (Å²) in [5.74, 6) is 1.79. The number of imidazole rings is 1. The molecule has 0 aliphatic heterocycles. The zero-order chi connectivity index (χ0) is 12.9. The number of fused-ring (bicyclic) bond motifs is 1. The van der Waals surface area contributed by atoms with Crippen LogP contribution in [0, 0.1) is 0 Å². The SMILES string of the molecule is OCC1(c2ccc3nc(C4CCCC4)[nH]c3c2)CC1. The van der Waals surface area contributed by atoms with Crippen molar-refractivity contribution in [1.29, 1.82) is 0 Å². The third-order valence-electron chi connectivity index (χ3n) is 5.01. The van der Waals surface area contributed by atoms with E-state index in [0.717, 1.165) is 23.9 Å². The van der Waals surface area contributed by atoms with Crippen molar-refractivity contribution >= 4 is 11.0 Å². The molecule has 1 aromatic carbocycles. The molecule has 0 saturated heterocycles. The highest BCUT2D eigenvalue weighted by molar-refractivity contribution is 5.76. The maximum Gasteiger partial charge on any atom is 0.110 e. The third kappa shape index (κ3) is 1.79. The first-order valence-electron chi connectivity index (χ1n) is 7.42. The largest absolute Gasteiger partial charge is 0.395 e. The predicted molar refractivity (Wildman–Crippen MR) is 75.3 cm³/mol. The molecule has 0 radical (unpaired) electrons. The summed E-state index contributed by atoms with van der Waals surface area (Å²) < 4.78 is 0. The second kappa shape index (κ2) is 4.07. The van der Waals surface area contributed by atoms with Gasteiger partial charge in [-0.25, -0.2) is 4.98 Å². The summed E-state index contributed by atoms with van der Waals surface area (Å²) >= 11 is 0. The molecule has 2 N–H and O–H groups in total. The van der Waals surface area contributed by atoms with Crippen molar-refractivity contribution in [1.82, 2.24) is 9.97 Å². The van der Waals surface area contributed by atoms with Crippen LogP contribution >= 0.6 is 0 Å². The number of hydrogen-bond donors (Lipinski definition) is 2. The molecular formula is C16H20N2O. The Balaban J connectivity index is 1.73. The molecule has 1 heterocycles. The van der Waals surface area contributed by atoms with Gasteiger partial charge in [0.25, 0.3) is 0 Å². The van der Waals surface area contributed by atoms with Crippen LogP contribution < -0.4 is 0 Å². The quantitative estimate of drug-likeness (QED) is 0.885. The molecule has 2 aliphatic carbocycles. The van der Waals surface area contributed by atoms with Crippen molar-refractivity contribution in [2.75, 3.05) is 6.61 Å². The molecular weight excluding hydrogens is 236 g/mol. The number of H-pyrrole nitrogens is 1. The van der Waals surface area contributed by atoms with Crippen molar-refractivity contribution in [3.8, 4) is 0 Å². The highest BCUT2D eigenvalue weighted by atomic mass is 16.3. The summed E-state index contributed by atoms with van der Waals surface area (Å²) in [6.07, 6.45) is 7.43. The molecule has 100 valence electrons. The second-order valence-electron chi connectivity index (χ2n) is 6.27. The first-order chi connectivity index (χ1) is 9.31. The Labute approximate surface area is 113 Å². The van der Waals surface area contributed by atoms with E-state index in [0.29, 0.717) is 5.92 Å². The van der Waals surface area contributed by atoms with Crippen molar-refractivity contribution in [2.24, 2.45) is 0 Å². The third-order valence-corrected chi connectivity index (χ3v) is 5.01. The van der Waals surface area contributed by atoms with Gasteiger partial charge in [-0.15, -0.1) is 0 Å². The van der Waals surface area contributed by atoms with Crippen molar-refractivity contribution in [3.63, 3.8) is 0 Å². The molecule has 3 heteroatoms. The van der Waals surface area contributed by atoms with E-state index in [2.05, 4.69) is 23.2 Å². The van der Waals surface area contributed by atoms with Crippen molar-refractivity contribution in [3.05, 3.63) is 29.6 Å². The second-order valence-corrected chi connectivity index (χ2v) is 6.27. The Morgan fingerprint density at radius 1 is 1.26 bits per heavy atom. The number of rotatable bonds is 3. The van der Waals surface area contributed by atoms with E-state index in [9.17, 15) is 5.11 Å². The lowest BCUT2D eigenvalue weighted by molar-refractivity contribution is 0.255. The van der Waals surface area contributed by atoms with E-state index in [1.807, 2.05) is 0 Å². The Morgan fingerprint density at radius 3 is 2.74 bits per heavy atom. The summed E-state index contributed by atoms with van der Waals surface area (Å²) in [5.41, 5.74) is 3.52. The van der Waals surface area contributed by atoms with Crippen LogP contribution in [0.25, 0.3) is 11.0 Å². The monoisotopic (exact) mass is 256 g/mol. The lowest BCUT2D eigenvalue weighted by Gasteiger charge is -2.11. The number of aromatic amines is 1. The van der Waals surface area contributed by atoms with Crippen LogP contribution in [0.2, 0.25) is 0 Å². The number of benzene rings is 1. The summed E-state index contributed by atoms with van der Waals surface area (Å²) in [5, 5.41) is 9.53. The Morgan fingerprint density at radius 2 is 2.05 bits per heavy atom. The first-order valence-corrected chi connectivity index (χ1v) is 7.42. The molecule has 0 amide bonds. The molecule has 0 atom stereocenters. The minimum Gasteiger partial charge on any atom is -0.395 e. The van der Waals surface area contributed by atoms with E-state index in [4.69, 9.17) is 4.98 Å². The fraction of sp³-hybridized carbons (Fsp3) is 0.562. The maximum atomic E-state index is 9.53. The van der Waals surface area contributed by atoms with E-state index in [1.54, 1.807) is 0 Å². The van der Waals surface area contributed by atoms with E-state index in [-0.39, 0.29) is 12.0 Å². The molecule has 1 aromatic heterocycles. The van der Waals surface area contributed by atoms with Gasteiger partial charge in [0.05, 0.1) is 17.6 Å². The van der Waals surface area contributed by atoms with Gasteiger partial charge >= 0.3 is 0 Å². The van der Waals surface area contributed by atoms with Gasteiger partial charge in [-0.3, -0.25) is 0 Å². The van der Waals surface area contributed by atoms with Crippen LogP contribution in [0.1, 0.15) is 55.8 Å². The molecule has 4 rings (SSSR count). The van der Waals surface area contributed by atoms with Crippen LogP contribution in [0.15, 0.2) is 18.2 Å². The molecule has 0 spiro atoms. The van der Waals surface area contributed by atoms with E-state index < -0.39 is 0 Å². The molecule has 2 saturated carbocycles. The Bertz CT molecular complexity index is 606. The summed E-state index contributed by atoms with van der Waals surface area (Å²) in [6, 6.07) is 6.45. The number of hydrogen-bond acceptors (Lipinski definition) is 2. The molecule has 2 fully saturated rings. The fourth-order valence-corrected chi connectivity index (χ4v) is 3.44. The molecule has 2 aromatic rings. The normalized spacial score (nSPS) is 22.2. The minimum absolute atomic E-state index is 0.0484. The number of aliphatic hydroxyl groups excluding tert-OH is 1. The fourth-order valence-electron chi connectivity index (χ4n) is 3.44. The number of nitrogens with one attached hydrogen (secondary N) is 1. The highest BCUT2D eigenvalue weighted by Crippen LogP contribution is 2.48. The number of nitrogens with zero attached hydrogens (tertiary/aromatic N) is 1. The van der Waals surface area contributed by atoms with E-state index in [1.165, 1.54) is 37.1 Å². The van der Waals surface area contributed by atoms with Crippen LogP contribution in [0.3, 0.4) is 0 Å². The van der Waals surface area contributed by atoms with Crippen LogP contribution in [0.4, 0.5) is 0 Å². The average Bonchev–Trinajstić information content (AvgIpc) is 2.89. The number of aliphatic hydroxyl groups is 1. The van der Waals surface area contributed by atoms with Gasteiger partial charge < -0.3 is 10.1 Å². The molecule has 0 unspecified atom stereocenters. The van der Waals surface area contributed by atoms with Crippen LogP contribution in [0.5, 0.6) is 0 Å². The van der Waals surface area contributed by atoms with Gasteiger partial charge in [-0.2, -0.15) is 0 Å². The standard InChI is InChI=1S/C16H20N2O/c19-10-16(7-8-16)12-5-6-13-14(9-12)18-15(17-13)11-3-1-2-4-11/h5-6,9,11,19H,1-4,7-8,10H2,(H,17,18). The zero-order valence-corrected chi connectivity index (χ0v) is 11.2. The Hall–Kier alpha value is -1.35. The van der Waals surface area contributed by atoms with Gasteiger partial charge in [0, 0.05) is 11.3 Å². The topological polar surface area (TPSA) is 48.9 Å². The maximum absolute atomic E-state index is 9.53. The minimum atomic E-state index is 0.0484. The van der Waals surface area contributed by atoms with Crippen molar-refractivity contribution in [2.45, 2.75) is 49.9 Å². The molecule has 0 bridgehead atoms. The van der Waals surface area contributed by atoms with E-state index >= 15 is 0 Å². The number of aromatic nitrogens is 2. The lowest BCUT2D eigenvalue weighted by atomic mass is 9.97. The lowest BCUT2D eigenvalue weighted by Crippen LogP contribution is -2.11. The molecule has 2 aliphatic rings. The smallest absolute Gasteiger partial charge is 0.110 e. The highest BCUT2D eigenvalue weighted by Gasteiger charge is 2.43. The molecule has 19 heavy (non-hydrogen) atoms. The summed E-state index contributed by atoms with van der Waals surface area (Å²) in [4.78, 5) is 8.26. The molecule has 3 nitrogen and oxygen atoms in total. The Kier molecular flexibility index (Phi) is 2.46. The van der Waals surface area contributed by atoms with Crippen molar-refractivity contribution < 1.29 is 5.11 Å².